The highest BCUT2D eigenvalue weighted by molar-refractivity contribution is 9.10. The number of aromatic nitrogens is 1. The van der Waals surface area contributed by atoms with Gasteiger partial charge >= 0.3 is 0 Å². The van der Waals surface area contributed by atoms with Gasteiger partial charge in [0, 0.05) is 0 Å². The fraction of sp³-hybridized carbons (Fsp3) is 0.500. The standard InChI is InChI=1S/C4H5BrN2S.C2H6/c1-2-3(5)4(6)8-7-2;1-2/h6H2,1H3;1-2H3. The summed E-state index contributed by atoms with van der Waals surface area (Å²) in [5.74, 6) is 0. The molecule has 0 bridgehead atoms. The van der Waals surface area contributed by atoms with E-state index in [4.69, 9.17) is 5.73 Å². The third-order valence-corrected chi connectivity index (χ3v) is 2.84. The van der Waals surface area contributed by atoms with Crippen molar-refractivity contribution < 1.29 is 0 Å². The Morgan fingerprint density at radius 3 is 2.10 bits per heavy atom. The fourth-order valence-corrected chi connectivity index (χ4v) is 1.35. The third-order valence-electron chi connectivity index (χ3n) is 0.815. The summed E-state index contributed by atoms with van der Waals surface area (Å²) in [7, 11) is 0. The van der Waals surface area contributed by atoms with Crippen molar-refractivity contribution in [2.24, 2.45) is 0 Å². The third kappa shape index (κ3) is 2.27. The van der Waals surface area contributed by atoms with E-state index in [9.17, 15) is 0 Å². The molecule has 0 saturated carbocycles. The average Bonchev–Trinajstić information content (AvgIpc) is 2.25. The second kappa shape index (κ2) is 4.68. The molecule has 1 rings (SSSR count). The van der Waals surface area contributed by atoms with E-state index in [1.54, 1.807) is 0 Å². The minimum absolute atomic E-state index is 0.752. The predicted octanol–water partition coefficient (Wildman–Crippen LogP) is 2.82. The molecule has 0 aromatic carbocycles. The van der Waals surface area contributed by atoms with Crippen LogP contribution in [-0.4, -0.2) is 4.37 Å². The Balaban J connectivity index is 0.000000371. The molecule has 0 amide bonds. The van der Waals surface area contributed by atoms with Crippen LogP contribution < -0.4 is 5.73 Å². The van der Waals surface area contributed by atoms with Gasteiger partial charge in [-0.1, -0.05) is 13.8 Å². The normalized spacial score (nSPS) is 8.40. The fourth-order valence-electron chi connectivity index (χ4n) is 0.376. The molecule has 0 aliphatic heterocycles. The van der Waals surface area contributed by atoms with E-state index >= 15 is 0 Å². The molecule has 0 saturated heterocycles. The van der Waals surface area contributed by atoms with Crippen LogP contribution in [0.25, 0.3) is 0 Å². The first kappa shape index (κ1) is 9.91. The Morgan fingerprint density at radius 2 is 2.00 bits per heavy atom. The lowest BCUT2D eigenvalue weighted by molar-refractivity contribution is 1.32. The lowest BCUT2D eigenvalue weighted by atomic mass is 10.5. The highest BCUT2D eigenvalue weighted by atomic mass is 79.9. The minimum atomic E-state index is 0.752. The number of hydrogen-bond donors (Lipinski definition) is 1. The van der Waals surface area contributed by atoms with Crippen molar-refractivity contribution in [3.05, 3.63) is 10.2 Å². The molecular formula is C6H11BrN2S. The van der Waals surface area contributed by atoms with Gasteiger partial charge in [-0.15, -0.1) is 0 Å². The summed E-state index contributed by atoms with van der Waals surface area (Å²) >= 11 is 4.58. The van der Waals surface area contributed by atoms with Crippen molar-refractivity contribution in [2.75, 3.05) is 5.73 Å². The second-order valence-corrected chi connectivity index (χ2v) is 3.04. The molecule has 1 aromatic rings. The van der Waals surface area contributed by atoms with E-state index in [1.807, 2.05) is 20.8 Å². The molecule has 0 fully saturated rings. The van der Waals surface area contributed by atoms with E-state index in [0.717, 1.165) is 15.2 Å². The number of nitrogens with two attached hydrogens (primary N) is 1. The minimum Gasteiger partial charge on any atom is -0.388 e. The quantitative estimate of drug-likeness (QED) is 0.734. The SMILES string of the molecule is CC.Cc1nsc(N)c1Br. The van der Waals surface area contributed by atoms with Crippen LogP contribution in [0.3, 0.4) is 0 Å². The van der Waals surface area contributed by atoms with Crippen molar-refractivity contribution >= 4 is 32.5 Å². The molecule has 1 aromatic heterocycles. The Hall–Kier alpha value is -0.0900. The van der Waals surface area contributed by atoms with Gasteiger partial charge in [-0.05, 0) is 34.4 Å². The van der Waals surface area contributed by atoms with E-state index in [2.05, 4.69) is 20.3 Å². The molecule has 0 radical (unpaired) electrons. The van der Waals surface area contributed by atoms with E-state index in [0.29, 0.717) is 0 Å². The summed E-state index contributed by atoms with van der Waals surface area (Å²) in [4.78, 5) is 0. The highest BCUT2D eigenvalue weighted by Crippen LogP contribution is 2.25. The number of aryl methyl sites for hydroxylation is 1. The van der Waals surface area contributed by atoms with Crippen LogP contribution in [0.2, 0.25) is 0 Å². The Labute approximate surface area is 73.7 Å². The molecule has 1 heterocycles. The monoisotopic (exact) mass is 222 g/mol. The van der Waals surface area contributed by atoms with Crippen molar-refractivity contribution in [3.63, 3.8) is 0 Å². The zero-order chi connectivity index (χ0) is 8.15. The number of hydrogen-bond acceptors (Lipinski definition) is 3. The largest absolute Gasteiger partial charge is 0.388 e. The molecule has 2 N–H and O–H groups in total. The van der Waals surface area contributed by atoms with Crippen molar-refractivity contribution in [1.29, 1.82) is 0 Å². The summed E-state index contributed by atoms with van der Waals surface area (Å²) in [6.45, 7) is 5.91. The van der Waals surface area contributed by atoms with E-state index in [-0.39, 0.29) is 0 Å². The molecule has 0 aliphatic rings. The molecule has 4 heteroatoms. The number of nitrogens with zero attached hydrogens (tertiary/aromatic N) is 1. The maximum atomic E-state index is 5.45. The molecule has 0 spiro atoms. The molecular weight excluding hydrogens is 212 g/mol. The molecule has 2 nitrogen and oxygen atoms in total. The van der Waals surface area contributed by atoms with Crippen molar-refractivity contribution in [1.82, 2.24) is 4.37 Å². The van der Waals surface area contributed by atoms with Gasteiger partial charge in [0.2, 0.25) is 0 Å². The summed E-state index contributed by atoms with van der Waals surface area (Å²) in [6, 6.07) is 0. The van der Waals surface area contributed by atoms with Gasteiger partial charge < -0.3 is 5.73 Å². The van der Waals surface area contributed by atoms with Gasteiger partial charge in [-0.25, -0.2) is 0 Å². The van der Waals surface area contributed by atoms with Gasteiger partial charge in [0.25, 0.3) is 0 Å². The van der Waals surface area contributed by atoms with Crippen molar-refractivity contribution in [2.45, 2.75) is 20.8 Å². The zero-order valence-electron chi connectivity index (χ0n) is 6.31. The molecule has 0 aliphatic carbocycles. The number of rotatable bonds is 0. The van der Waals surface area contributed by atoms with Gasteiger partial charge in [0.1, 0.15) is 5.00 Å². The maximum Gasteiger partial charge on any atom is 0.121 e. The highest BCUT2D eigenvalue weighted by Gasteiger charge is 2.00. The molecule has 0 unspecified atom stereocenters. The van der Waals surface area contributed by atoms with Crippen LogP contribution in [0, 0.1) is 6.92 Å². The number of halogens is 1. The topological polar surface area (TPSA) is 38.9 Å². The van der Waals surface area contributed by atoms with Gasteiger partial charge in [0.05, 0.1) is 10.2 Å². The van der Waals surface area contributed by atoms with Gasteiger partial charge in [0.15, 0.2) is 0 Å². The van der Waals surface area contributed by atoms with Crippen LogP contribution in [0.5, 0.6) is 0 Å². The number of nitrogen functional groups attached to an aromatic ring is 1. The molecule has 58 valence electrons. The first-order valence-corrected chi connectivity index (χ1v) is 4.65. The average molecular weight is 223 g/mol. The Morgan fingerprint density at radius 1 is 1.50 bits per heavy atom. The first-order chi connectivity index (χ1) is 4.72. The van der Waals surface area contributed by atoms with Crippen LogP contribution in [0.1, 0.15) is 19.5 Å². The zero-order valence-corrected chi connectivity index (χ0v) is 8.71. The summed E-state index contributed by atoms with van der Waals surface area (Å²) in [6.07, 6.45) is 0. The van der Waals surface area contributed by atoms with E-state index < -0.39 is 0 Å². The molecule has 0 atom stereocenters. The molecule has 10 heavy (non-hydrogen) atoms. The summed E-state index contributed by atoms with van der Waals surface area (Å²) < 4.78 is 4.92. The van der Waals surface area contributed by atoms with E-state index in [1.165, 1.54) is 11.5 Å². The number of anilines is 1. The van der Waals surface area contributed by atoms with Crippen LogP contribution >= 0.6 is 27.5 Å². The maximum absolute atomic E-state index is 5.45. The van der Waals surface area contributed by atoms with Crippen LogP contribution in [0.15, 0.2) is 4.47 Å². The smallest absolute Gasteiger partial charge is 0.121 e. The summed E-state index contributed by atoms with van der Waals surface area (Å²) in [5.41, 5.74) is 6.42. The van der Waals surface area contributed by atoms with Crippen LogP contribution in [-0.2, 0) is 0 Å². The first-order valence-electron chi connectivity index (χ1n) is 3.09. The predicted molar refractivity (Wildman–Crippen MR) is 50.3 cm³/mol. The Bertz CT molecular complexity index is 178. The summed E-state index contributed by atoms with van der Waals surface area (Å²) in [5, 5.41) is 0.752. The van der Waals surface area contributed by atoms with Gasteiger partial charge in [-0.2, -0.15) is 4.37 Å². The second-order valence-electron chi connectivity index (χ2n) is 1.45. The van der Waals surface area contributed by atoms with Crippen molar-refractivity contribution in [3.8, 4) is 0 Å². The van der Waals surface area contributed by atoms with Crippen LogP contribution in [0.4, 0.5) is 5.00 Å². The Kier molecular flexibility index (Phi) is 4.64. The lowest BCUT2D eigenvalue weighted by Gasteiger charge is -1.81. The van der Waals surface area contributed by atoms with Gasteiger partial charge in [-0.3, -0.25) is 0 Å². The lowest BCUT2D eigenvalue weighted by Crippen LogP contribution is -1.77.